The number of carbonyl (C=O) groups is 2. The predicted molar refractivity (Wildman–Crippen MR) is 307 cm³/mol. The molecule has 2 bridgehead atoms. The number of hydrogen-bond donors (Lipinski definition) is 18. The van der Waals surface area contributed by atoms with Gasteiger partial charge >= 0.3 is 11.9 Å². The standard InChI is InChI=1S/C60H95NO27/c1-31-18-16-14-12-10-8-6-7-9-11-13-15-17-19-38(85-57-51(74)47(49(72)34(4)84-57)61-30-60(80)55(77)54(42(69)29-82-60)87-58-53(76)52(75)50(73)44(28-62)86-58)25-43-46(56(78)81-5)41(68)27-59(79,88-43)26-37(65)23-40(67)39(66)21-20-35(63)22-36(64)24-45(70)83-33(3)32(2)48(31)71/h6-19,31-44,46-55,57-58,61-69,71-77,79-80H,20-30H2,1-5H3/b7-6+,10-8+,11-9+,14-12+,15-13+,18-16+,19-17+/t31-,32-,33-,34+,35+,36+,37-,38-,39+,40+,41-,42+,43?,44+,46?,47-,48+,49+,50+,51-,52-,53+,54+,55-,57?,58-,59+,60+/m0/s1. The highest BCUT2D eigenvalue weighted by molar-refractivity contribution is 5.74. The van der Waals surface area contributed by atoms with E-state index in [-0.39, 0.29) is 25.2 Å². The van der Waals surface area contributed by atoms with Crippen LogP contribution in [0.15, 0.2) is 85.1 Å². The largest absolute Gasteiger partial charge is 0.469 e. The van der Waals surface area contributed by atoms with Gasteiger partial charge in [0.1, 0.15) is 60.9 Å². The Morgan fingerprint density at radius 1 is 0.614 bits per heavy atom. The van der Waals surface area contributed by atoms with Gasteiger partial charge in [0.2, 0.25) is 5.79 Å². The smallest absolute Gasteiger partial charge is 0.313 e. The van der Waals surface area contributed by atoms with Crippen LogP contribution < -0.4 is 5.32 Å². The first-order valence-corrected chi connectivity index (χ1v) is 29.7. The third-order valence-corrected chi connectivity index (χ3v) is 16.5. The molecule has 0 aromatic heterocycles. The zero-order valence-electron chi connectivity index (χ0n) is 50.1. The van der Waals surface area contributed by atoms with E-state index in [1.807, 2.05) is 6.92 Å². The highest BCUT2D eigenvalue weighted by Crippen LogP contribution is 2.39. The number of allylic oxidation sites excluding steroid dienone is 12. The number of aliphatic hydroxyl groups is 17. The number of cyclic esters (lactones) is 1. The van der Waals surface area contributed by atoms with Gasteiger partial charge in [0.05, 0.1) is 106 Å². The van der Waals surface area contributed by atoms with Crippen molar-refractivity contribution >= 4 is 11.9 Å². The molecule has 0 aliphatic carbocycles. The Morgan fingerprint density at radius 3 is 1.83 bits per heavy atom. The van der Waals surface area contributed by atoms with Gasteiger partial charge in [-0.2, -0.15) is 0 Å². The van der Waals surface area contributed by atoms with Crippen molar-refractivity contribution < 1.29 is 134 Å². The second kappa shape index (κ2) is 35.3. The van der Waals surface area contributed by atoms with Gasteiger partial charge in [-0.1, -0.05) is 98.9 Å². The molecule has 88 heavy (non-hydrogen) atoms. The number of hydrogen-bond acceptors (Lipinski definition) is 28. The summed E-state index contributed by atoms with van der Waals surface area (Å²) < 4.78 is 45.3. The summed E-state index contributed by atoms with van der Waals surface area (Å²) >= 11 is 0. The Morgan fingerprint density at radius 2 is 1.22 bits per heavy atom. The van der Waals surface area contributed by atoms with Crippen LogP contribution >= 0.6 is 0 Å². The summed E-state index contributed by atoms with van der Waals surface area (Å²) in [5.74, 6) is -9.14. The maximum atomic E-state index is 13.4. The molecule has 4 fully saturated rings. The molecular weight excluding hydrogens is 1170 g/mol. The van der Waals surface area contributed by atoms with Gasteiger partial charge in [-0.3, -0.25) is 9.59 Å². The van der Waals surface area contributed by atoms with E-state index in [1.54, 1.807) is 86.8 Å². The van der Waals surface area contributed by atoms with Crippen LogP contribution in [0.2, 0.25) is 0 Å². The second-order valence-corrected chi connectivity index (χ2v) is 23.5. The zero-order chi connectivity index (χ0) is 65.2. The van der Waals surface area contributed by atoms with Gasteiger partial charge in [0.15, 0.2) is 18.4 Å². The molecule has 0 saturated carbocycles. The molecule has 0 radical (unpaired) electrons. The van der Waals surface area contributed by atoms with Crippen molar-refractivity contribution in [3.8, 4) is 0 Å². The maximum Gasteiger partial charge on any atom is 0.313 e. The molecule has 4 saturated heterocycles. The van der Waals surface area contributed by atoms with Crippen LogP contribution in [0, 0.1) is 17.8 Å². The monoisotopic (exact) mass is 1260 g/mol. The molecule has 28 atom stereocenters. The van der Waals surface area contributed by atoms with Crippen molar-refractivity contribution in [2.45, 2.75) is 231 Å². The summed E-state index contributed by atoms with van der Waals surface area (Å²) in [6, 6.07) is -1.47. The molecule has 5 rings (SSSR count). The topological polar surface area (TPSA) is 464 Å². The molecule has 5 aliphatic heterocycles. The number of aliphatic hydroxyl groups excluding tert-OH is 15. The van der Waals surface area contributed by atoms with E-state index in [9.17, 15) is 96.4 Å². The van der Waals surface area contributed by atoms with Crippen LogP contribution in [-0.2, 0) is 47.5 Å². The Labute approximate surface area is 511 Å². The Balaban J connectivity index is 1.38. The summed E-state index contributed by atoms with van der Waals surface area (Å²) in [5, 5.41) is 189. The minimum Gasteiger partial charge on any atom is -0.469 e. The molecule has 502 valence electrons. The van der Waals surface area contributed by atoms with Crippen LogP contribution in [0.25, 0.3) is 0 Å². The fraction of sp³-hybridized carbons (Fsp3) is 0.733. The van der Waals surface area contributed by atoms with E-state index in [2.05, 4.69) is 5.32 Å². The molecule has 28 nitrogen and oxygen atoms in total. The SMILES string of the molecule is COC(=O)C1C2C[C@@H](OC3O[C@H](C)[C@@H](O)[C@H](NC[C@@]4(O)OC[C@@H](O)[C@@H](O[C@@H]5O[C@H](CO)[C@@H](O)[C@H](O)[C@H]5O)[C@@H]4O)[C@@H]3O)/C=C/C=C/C=C/C=C/C=C/C=C/C=C/[C@H](C)[C@@H](O)[C@@H](C)[C@H](C)OC(=O)C[C@H](O)C[C@H](O)CC[C@@H](O)[C@H](O)C[C@H](O)C[C@](O)(C[C@@H]1O)O2. The van der Waals surface area contributed by atoms with Gasteiger partial charge in [0, 0.05) is 37.5 Å². The van der Waals surface area contributed by atoms with Gasteiger partial charge in [-0.05, 0) is 33.1 Å². The second-order valence-electron chi connectivity index (χ2n) is 23.5. The van der Waals surface area contributed by atoms with Crippen LogP contribution in [-0.4, -0.2) is 278 Å². The van der Waals surface area contributed by atoms with Crippen molar-refractivity contribution in [1.82, 2.24) is 5.32 Å². The van der Waals surface area contributed by atoms with Crippen molar-refractivity contribution in [3.05, 3.63) is 85.1 Å². The fourth-order valence-corrected chi connectivity index (χ4v) is 11.1. The third-order valence-electron chi connectivity index (χ3n) is 16.5. The molecule has 0 amide bonds. The van der Waals surface area contributed by atoms with E-state index in [1.165, 1.54) is 19.1 Å². The lowest BCUT2D eigenvalue weighted by molar-refractivity contribution is -0.368. The molecular formula is C60H95NO27. The highest BCUT2D eigenvalue weighted by atomic mass is 16.7. The van der Waals surface area contributed by atoms with Crippen LogP contribution in [0.1, 0.15) is 79.1 Å². The van der Waals surface area contributed by atoms with E-state index in [0.717, 1.165) is 7.11 Å². The Bertz CT molecular complexity index is 2340. The van der Waals surface area contributed by atoms with Crippen molar-refractivity contribution in [1.29, 1.82) is 0 Å². The van der Waals surface area contributed by atoms with Gasteiger partial charge in [0.25, 0.3) is 0 Å². The van der Waals surface area contributed by atoms with E-state index >= 15 is 0 Å². The lowest BCUT2D eigenvalue weighted by Crippen LogP contribution is -2.70. The summed E-state index contributed by atoms with van der Waals surface area (Å²) in [5.41, 5.74) is 0. The van der Waals surface area contributed by atoms with Crippen molar-refractivity contribution in [3.63, 3.8) is 0 Å². The maximum absolute atomic E-state index is 13.4. The molecule has 5 heterocycles. The normalized spacial score (nSPS) is 47.3. The summed E-state index contributed by atoms with van der Waals surface area (Å²) in [6.07, 6.45) is -14.0. The zero-order valence-corrected chi connectivity index (χ0v) is 50.1. The van der Waals surface area contributed by atoms with Crippen molar-refractivity contribution in [2.75, 3.05) is 26.9 Å². The molecule has 28 heteroatoms. The Hall–Kier alpha value is -3.84. The number of esters is 2. The number of carbonyl (C=O) groups excluding carboxylic acids is 2. The molecule has 0 aromatic rings. The minimum absolute atomic E-state index is 0.155. The fourth-order valence-electron chi connectivity index (χ4n) is 11.1. The molecule has 18 N–H and O–H groups in total. The van der Waals surface area contributed by atoms with Gasteiger partial charge in [-0.15, -0.1) is 0 Å². The number of nitrogens with one attached hydrogen (secondary N) is 1. The Kier molecular flexibility index (Phi) is 30.0. The summed E-state index contributed by atoms with van der Waals surface area (Å²) in [4.78, 5) is 26.1. The highest BCUT2D eigenvalue weighted by Gasteiger charge is 2.55. The van der Waals surface area contributed by atoms with E-state index in [4.69, 9.17) is 37.9 Å². The lowest BCUT2D eigenvalue weighted by Gasteiger charge is -2.48. The predicted octanol–water partition coefficient (Wildman–Crippen LogP) is -3.94. The van der Waals surface area contributed by atoms with E-state index in [0.29, 0.717) is 0 Å². The first kappa shape index (κ1) is 74.9. The number of methoxy groups -OCH3 is 1. The average molecular weight is 1260 g/mol. The number of rotatable bonds is 9. The van der Waals surface area contributed by atoms with Gasteiger partial charge in [-0.25, -0.2) is 0 Å². The quantitative estimate of drug-likeness (QED) is 0.0980. The van der Waals surface area contributed by atoms with Crippen LogP contribution in [0.4, 0.5) is 0 Å². The molecule has 0 aromatic carbocycles. The molecule has 3 unspecified atom stereocenters. The van der Waals surface area contributed by atoms with Crippen molar-refractivity contribution in [2.24, 2.45) is 17.8 Å². The summed E-state index contributed by atoms with van der Waals surface area (Å²) in [6.45, 7) is 4.26. The molecule has 5 aliphatic rings. The summed E-state index contributed by atoms with van der Waals surface area (Å²) in [7, 11) is 1.06. The van der Waals surface area contributed by atoms with Crippen LogP contribution in [0.3, 0.4) is 0 Å². The number of fused-ring (bicyclic) bond motifs is 2. The van der Waals surface area contributed by atoms with E-state index < -0.39 is 228 Å². The van der Waals surface area contributed by atoms with Gasteiger partial charge < -0.3 is 130 Å². The average Bonchev–Trinajstić information content (AvgIpc) is 1.79. The lowest BCUT2D eigenvalue weighted by atomic mass is 9.82. The first-order chi connectivity index (χ1) is 41.5. The number of ether oxygens (including phenoxy) is 8. The first-order valence-electron chi connectivity index (χ1n) is 29.7. The van der Waals surface area contributed by atoms with Crippen LogP contribution in [0.5, 0.6) is 0 Å². The minimum atomic E-state index is -2.67. The third kappa shape index (κ3) is 21.4. The molecule has 0 spiro atoms.